The van der Waals surface area contributed by atoms with Gasteiger partial charge in [0.2, 0.25) is 5.91 Å². The summed E-state index contributed by atoms with van der Waals surface area (Å²) in [5, 5.41) is 6.41. The number of nitrogens with one attached hydrogen (secondary N) is 2. The molecule has 2 heterocycles. The van der Waals surface area contributed by atoms with Crippen molar-refractivity contribution in [2.24, 2.45) is 0 Å². The molecule has 31 heavy (non-hydrogen) atoms. The SMILES string of the molecule is COc1cccc([C@]2(C)NC(=O)N(CC(=O)N[C@H](C)c3cc4ccccc4o3)C2=O)c1. The van der Waals surface area contributed by atoms with E-state index in [1.54, 1.807) is 38.1 Å². The van der Waals surface area contributed by atoms with Gasteiger partial charge in [0.1, 0.15) is 29.2 Å². The molecule has 4 amide bonds. The number of hydrogen-bond acceptors (Lipinski definition) is 5. The number of ether oxygens (including phenoxy) is 1. The Morgan fingerprint density at radius 1 is 1.19 bits per heavy atom. The Hall–Kier alpha value is -3.81. The van der Waals surface area contributed by atoms with Gasteiger partial charge in [-0.3, -0.25) is 14.5 Å². The highest BCUT2D eigenvalue weighted by Gasteiger charge is 2.49. The van der Waals surface area contributed by atoms with Crippen LogP contribution < -0.4 is 15.4 Å². The minimum atomic E-state index is -1.28. The number of rotatable bonds is 6. The summed E-state index contributed by atoms with van der Waals surface area (Å²) >= 11 is 0. The van der Waals surface area contributed by atoms with Crippen LogP contribution in [0.3, 0.4) is 0 Å². The first-order valence-corrected chi connectivity index (χ1v) is 9.88. The second kappa shape index (κ2) is 7.79. The Morgan fingerprint density at radius 2 is 1.97 bits per heavy atom. The first-order valence-electron chi connectivity index (χ1n) is 9.88. The van der Waals surface area contributed by atoms with E-state index in [4.69, 9.17) is 9.15 Å². The normalized spacial score (nSPS) is 19.4. The molecule has 8 heteroatoms. The van der Waals surface area contributed by atoms with Crippen LogP contribution in [0.1, 0.15) is 31.2 Å². The number of carbonyl (C=O) groups excluding carboxylic acids is 3. The van der Waals surface area contributed by atoms with Gasteiger partial charge < -0.3 is 19.8 Å². The summed E-state index contributed by atoms with van der Waals surface area (Å²) in [6, 6.07) is 15.3. The minimum Gasteiger partial charge on any atom is -0.497 e. The maximum Gasteiger partial charge on any atom is 0.325 e. The highest BCUT2D eigenvalue weighted by Crippen LogP contribution is 2.31. The monoisotopic (exact) mass is 421 g/mol. The molecule has 160 valence electrons. The zero-order valence-corrected chi connectivity index (χ0v) is 17.5. The fourth-order valence-corrected chi connectivity index (χ4v) is 3.69. The number of para-hydroxylation sites is 1. The molecule has 0 bridgehead atoms. The lowest BCUT2D eigenvalue weighted by Gasteiger charge is -2.22. The van der Waals surface area contributed by atoms with Crippen molar-refractivity contribution in [1.82, 2.24) is 15.5 Å². The molecular formula is C23H23N3O5. The Bertz CT molecular complexity index is 1140. The maximum absolute atomic E-state index is 13.0. The summed E-state index contributed by atoms with van der Waals surface area (Å²) < 4.78 is 11.0. The van der Waals surface area contributed by atoms with Gasteiger partial charge in [-0.1, -0.05) is 30.3 Å². The molecule has 0 unspecified atom stereocenters. The van der Waals surface area contributed by atoms with E-state index in [0.717, 1.165) is 15.9 Å². The van der Waals surface area contributed by atoms with Gasteiger partial charge in [-0.15, -0.1) is 0 Å². The number of imide groups is 1. The molecule has 8 nitrogen and oxygen atoms in total. The number of hydrogen-bond donors (Lipinski definition) is 2. The molecule has 0 aliphatic carbocycles. The summed E-state index contributed by atoms with van der Waals surface area (Å²) in [5.74, 6) is 0.188. The van der Waals surface area contributed by atoms with E-state index in [1.165, 1.54) is 7.11 Å². The lowest BCUT2D eigenvalue weighted by atomic mass is 9.92. The zero-order valence-electron chi connectivity index (χ0n) is 17.5. The summed E-state index contributed by atoms with van der Waals surface area (Å²) in [4.78, 5) is 39.1. The highest BCUT2D eigenvalue weighted by atomic mass is 16.5. The molecule has 1 aromatic heterocycles. The van der Waals surface area contributed by atoms with Crippen LogP contribution in [0.5, 0.6) is 5.75 Å². The number of methoxy groups -OCH3 is 1. The highest BCUT2D eigenvalue weighted by molar-refractivity contribution is 6.09. The third-order valence-electron chi connectivity index (χ3n) is 5.47. The maximum atomic E-state index is 13.0. The summed E-state index contributed by atoms with van der Waals surface area (Å²) in [7, 11) is 1.52. The molecule has 4 rings (SSSR count). The number of amides is 4. The predicted molar refractivity (Wildman–Crippen MR) is 113 cm³/mol. The third kappa shape index (κ3) is 3.72. The predicted octanol–water partition coefficient (Wildman–Crippen LogP) is 3.09. The molecule has 1 fully saturated rings. The minimum absolute atomic E-state index is 0.394. The second-order valence-corrected chi connectivity index (χ2v) is 7.65. The lowest BCUT2D eigenvalue weighted by Crippen LogP contribution is -2.43. The van der Waals surface area contributed by atoms with Crippen molar-refractivity contribution in [3.8, 4) is 5.75 Å². The van der Waals surface area contributed by atoms with Crippen LogP contribution in [0.2, 0.25) is 0 Å². The molecule has 0 radical (unpaired) electrons. The van der Waals surface area contributed by atoms with Gasteiger partial charge in [-0.25, -0.2) is 4.79 Å². The summed E-state index contributed by atoms with van der Waals surface area (Å²) in [6.45, 7) is 2.99. The van der Waals surface area contributed by atoms with Gasteiger partial charge in [0.05, 0.1) is 13.2 Å². The number of nitrogens with zero attached hydrogens (tertiary/aromatic N) is 1. The van der Waals surface area contributed by atoms with Crippen LogP contribution >= 0.6 is 0 Å². The lowest BCUT2D eigenvalue weighted by molar-refractivity contribution is -0.135. The van der Waals surface area contributed by atoms with Crippen molar-refractivity contribution in [3.63, 3.8) is 0 Å². The molecule has 0 saturated carbocycles. The largest absolute Gasteiger partial charge is 0.497 e. The molecule has 1 aliphatic heterocycles. The van der Waals surface area contributed by atoms with Crippen molar-refractivity contribution in [2.75, 3.05) is 13.7 Å². The summed E-state index contributed by atoms with van der Waals surface area (Å²) in [6.07, 6.45) is 0. The van der Waals surface area contributed by atoms with Gasteiger partial charge in [0.25, 0.3) is 5.91 Å². The number of furan rings is 1. The first kappa shape index (κ1) is 20.5. The average Bonchev–Trinajstić information content (AvgIpc) is 3.29. The molecular weight excluding hydrogens is 398 g/mol. The molecule has 0 spiro atoms. The number of carbonyl (C=O) groups is 3. The van der Waals surface area contributed by atoms with Crippen molar-refractivity contribution in [2.45, 2.75) is 25.4 Å². The van der Waals surface area contributed by atoms with Gasteiger partial charge in [-0.05, 0) is 43.7 Å². The van der Waals surface area contributed by atoms with E-state index in [-0.39, 0.29) is 0 Å². The summed E-state index contributed by atoms with van der Waals surface area (Å²) in [5.41, 5.74) is 0.0153. The molecule has 2 atom stereocenters. The van der Waals surface area contributed by atoms with Crippen molar-refractivity contribution in [1.29, 1.82) is 0 Å². The second-order valence-electron chi connectivity index (χ2n) is 7.65. The fourth-order valence-electron chi connectivity index (χ4n) is 3.69. The van der Waals surface area contributed by atoms with Crippen LogP contribution in [-0.2, 0) is 15.1 Å². The molecule has 3 aromatic rings. The van der Waals surface area contributed by atoms with Gasteiger partial charge >= 0.3 is 6.03 Å². The van der Waals surface area contributed by atoms with Gasteiger partial charge in [-0.2, -0.15) is 0 Å². The molecule has 2 aromatic carbocycles. The van der Waals surface area contributed by atoms with E-state index in [1.807, 2.05) is 30.3 Å². The van der Waals surface area contributed by atoms with E-state index < -0.39 is 36.0 Å². The number of fused-ring (bicyclic) bond motifs is 1. The Balaban J connectivity index is 1.46. The average molecular weight is 421 g/mol. The smallest absolute Gasteiger partial charge is 0.325 e. The number of urea groups is 1. The Kier molecular flexibility index (Phi) is 5.14. The van der Waals surface area contributed by atoms with E-state index in [9.17, 15) is 14.4 Å². The van der Waals surface area contributed by atoms with Crippen LogP contribution in [0, 0.1) is 0 Å². The van der Waals surface area contributed by atoms with Crippen molar-refractivity contribution in [3.05, 3.63) is 65.9 Å². The van der Waals surface area contributed by atoms with Gasteiger partial charge in [0, 0.05) is 5.39 Å². The Morgan fingerprint density at radius 3 is 2.71 bits per heavy atom. The van der Waals surface area contributed by atoms with E-state index >= 15 is 0 Å². The van der Waals surface area contributed by atoms with Crippen LogP contribution in [0.4, 0.5) is 4.79 Å². The number of benzene rings is 2. The van der Waals surface area contributed by atoms with Crippen LogP contribution in [-0.4, -0.2) is 36.4 Å². The molecule has 1 aliphatic rings. The first-order chi connectivity index (χ1) is 14.8. The third-order valence-corrected chi connectivity index (χ3v) is 5.47. The van der Waals surface area contributed by atoms with Crippen molar-refractivity contribution >= 4 is 28.8 Å². The Labute approximate surface area is 179 Å². The van der Waals surface area contributed by atoms with Crippen molar-refractivity contribution < 1.29 is 23.5 Å². The van der Waals surface area contributed by atoms with Gasteiger partial charge in [0.15, 0.2) is 0 Å². The molecule has 1 saturated heterocycles. The van der Waals surface area contributed by atoms with Crippen LogP contribution in [0.15, 0.2) is 59.0 Å². The van der Waals surface area contributed by atoms with Crippen LogP contribution in [0.25, 0.3) is 11.0 Å². The quantitative estimate of drug-likeness (QED) is 0.596. The van der Waals surface area contributed by atoms with E-state index in [0.29, 0.717) is 17.1 Å². The zero-order chi connectivity index (χ0) is 22.2. The molecule has 2 N–H and O–H groups in total. The fraction of sp³-hybridized carbons (Fsp3) is 0.261. The topological polar surface area (TPSA) is 101 Å². The van der Waals surface area contributed by atoms with E-state index in [2.05, 4.69) is 10.6 Å². The standard InChI is InChI=1S/C23H23N3O5/c1-14(19-11-15-7-4-5-10-18(15)31-19)24-20(27)13-26-21(28)23(2,25-22(26)29)16-8-6-9-17(12-16)30-3/h4-12,14H,13H2,1-3H3,(H,24,27)(H,25,29)/t14-,23+/m1/s1.